The van der Waals surface area contributed by atoms with E-state index < -0.39 is 0 Å². The Morgan fingerprint density at radius 3 is 2.67 bits per heavy atom. The molecule has 2 N–H and O–H groups in total. The molecule has 0 saturated heterocycles. The molecule has 2 aromatic rings. The second-order valence-corrected chi connectivity index (χ2v) is 4.79. The summed E-state index contributed by atoms with van der Waals surface area (Å²) in [5.74, 6) is 0. The van der Waals surface area contributed by atoms with Crippen molar-refractivity contribution in [3.05, 3.63) is 34.4 Å². The fourth-order valence-electron chi connectivity index (χ4n) is 2.04. The van der Waals surface area contributed by atoms with Gasteiger partial charge in [-0.15, -0.1) is 0 Å². The minimum absolute atomic E-state index is 0.291. The Bertz CT molecular complexity index is 543. The number of hydrogen-bond donors (Lipinski definition) is 1. The number of aromatic nitrogens is 4. The van der Waals surface area contributed by atoms with Crippen LogP contribution in [0.15, 0.2) is 12.4 Å². The zero-order valence-corrected chi connectivity index (χ0v) is 11.6. The standard InChI is InChI=1S/C12H18ClN5/c1-4-5-18-12(10(13)7-16-18)11(14)9-6-15-17(3)8(9)2/h6-7,11H,4-5,14H2,1-3H3. The number of nitrogens with zero attached hydrogens (tertiary/aromatic N) is 4. The van der Waals surface area contributed by atoms with Gasteiger partial charge >= 0.3 is 0 Å². The van der Waals surface area contributed by atoms with Crippen molar-refractivity contribution in [3.8, 4) is 0 Å². The molecule has 2 heterocycles. The van der Waals surface area contributed by atoms with Crippen LogP contribution in [0, 0.1) is 6.92 Å². The van der Waals surface area contributed by atoms with Crippen molar-refractivity contribution in [3.63, 3.8) is 0 Å². The highest BCUT2D eigenvalue weighted by atomic mass is 35.5. The van der Waals surface area contributed by atoms with E-state index in [9.17, 15) is 0 Å². The summed E-state index contributed by atoms with van der Waals surface area (Å²) < 4.78 is 3.68. The lowest BCUT2D eigenvalue weighted by Gasteiger charge is -2.14. The zero-order chi connectivity index (χ0) is 13.3. The fraction of sp³-hybridized carbons (Fsp3) is 0.500. The first-order chi connectivity index (χ1) is 8.56. The first-order valence-corrected chi connectivity index (χ1v) is 6.39. The maximum Gasteiger partial charge on any atom is 0.0837 e. The molecule has 1 unspecified atom stereocenters. The third-order valence-electron chi connectivity index (χ3n) is 3.17. The van der Waals surface area contributed by atoms with E-state index in [-0.39, 0.29) is 6.04 Å². The molecule has 0 fully saturated rings. The summed E-state index contributed by atoms with van der Waals surface area (Å²) in [4.78, 5) is 0. The van der Waals surface area contributed by atoms with Crippen LogP contribution < -0.4 is 5.73 Å². The number of rotatable bonds is 4. The molecule has 0 aliphatic carbocycles. The largest absolute Gasteiger partial charge is 0.319 e. The highest BCUT2D eigenvalue weighted by Crippen LogP contribution is 2.28. The normalized spacial score (nSPS) is 12.9. The molecule has 0 saturated carbocycles. The molecule has 18 heavy (non-hydrogen) atoms. The highest BCUT2D eigenvalue weighted by molar-refractivity contribution is 6.31. The zero-order valence-electron chi connectivity index (χ0n) is 10.9. The smallest absolute Gasteiger partial charge is 0.0837 e. The number of halogens is 1. The lowest BCUT2D eigenvalue weighted by Crippen LogP contribution is -2.18. The summed E-state index contributed by atoms with van der Waals surface area (Å²) in [5.41, 5.74) is 9.19. The Morgan fingerprint density at radius 2 is 2.11 bits per heavy atom. The van der Waals surface area contributed by atoms with Gasteiger partial charge in [0.15, 0.2) is 0 Å². The minimum atomic E-state index is -0.291. The Hall–Kier alpha value is -1.33. The average molecular weight is 268 g/mol. The molecule has 0 spiro atoms. The van der Waals surface area contributed by atoms with Crippen LogP contribution in [-0.2, 0) is 13.6 Å². The van der Waals surface area contributed by atoms with Crippen molar-refractivity contribution in [2.24, 2.45) is 12.8 Å². The highest BCUT2D eigenvalue weighted by Gasteiger charge is 2.21. The Kier molecular flexibility index (Phi) is 3.73. The molecule has 2 aromatic heterocycles. The SMILES string of the molecule is CCCn1ncc(Cl)c1C(N)c1cnn(C)c1C. The van der Waals surface area contributed by atoms with E-state index in [2.05, 4.69) is 17.1 Å². The molecular weight excluding hydrogens is 250 g/mol. The van der Waals surface area contributed by atoms with Gasteiger partial charge in [-0.25, -0.2) is 0 Å². The summed E-state index contributed by atoms with van der Waals surface area (Å²) >= 11 is 6.19. The van der Waals surface area contributed by atoms with Gasteiger partial charge in [0.25, 0.3) is 0 Å². The number of nitrogens with two attached hydrogens (primary N) is 1. The summed E-state index contributed by atoms with van der Waals surface area (Å²) in [7, 11) is 1.90. The first kappa shape index (κ1) is 13.1. The second-order valence-electron chi connectivity index (χ2n) is 4.39. The van der Waals surface area contributed by atoms with Crippen molar-refractivity contribution in [1.29, 1.82) is 0 Å². The third kappa shape index (κ3) is 2.15. The van der Waals surface area contributed by atoms with Gasteiger partial charge in [-0.2, -0.15) is 10.2 Å². The van der Waals surface area contributed by atoms with Crippen LogP contribution in [0.1, 0.15) is 36.3 Å². The molecule has 0 bridgehead atoms. The van der Waals surface area contributed by atoms with E-state index in [0.717, 1.165) is 29.9 Å². The molecule has 0 aliphatic rings. The quantitative estimate of drug-likeness (QED) is 0.922. The first-order valence-electron chi connectivity index (χ1n) is 6.01. The monoisotopic (exact) mass is 267 g/mol. The van der Waals surface area contributed by atoms with Gasteiger partial charge in [0, 0.05) is 24.8 Å². The maximum absolute atomic E-state index is 6.31. The van der Waals surface area contributed by atoms with Crippen molar-refractivity contribution in [2.75, 3.05) is 0 Å². The van der Waals surface area contributed by atoms with Crippen LogP contribution in [0.3, 0.4) is 0 Å². The van der Waals surface area contributed by atoms with Crippen molar-refractivity contribution >= 4 is 11.6 Å². The van der Waals surface area contributed by atoms with E-state index in [1.54, 1.807) is 12.4 Å². The third-order valence-corrected chi connectivity index (χ3v) is 3.46. The molecule has 0 radical (unpaired) electrons. The molecule has 0 amide bonds. The Labute approximate surface area is 112 Å². The van der Waals surface area contributed by atoms with E-state index in [4.69, 9.17) is 17.3 Å². The lowest BCUT2D eigenvalue weighted by atomic mass is 10.1. The molecule has 1 atom stereocenters. The van der Waals surface area contributed by atoms with Gasteiger partial charge in [0.2, 0.25) is 0 Å². The topological polar surface area (TPSA) is 61.7 Å². The van der Waals surface area contributed by atoms with Gasteiger partial charge in [-0.3, -0.25) is 9.36 Å². The second kappa shape index (κ2) is 5.12. The van der Waals surface area contributed by atoms with Crippen molar-refractivity contribution in [2.45, 2.75) is 32.9 Å². The van der Waals surface area contributed by atoms with Crippen LogP contribution in [0.4, 0.5) is 0 Å². The van der Waals surface area contributed by atoms with Crippen LogP contribution >= 0.6 is 11.6 Å². The average Bonchev–Trinajstić information content (AvgIpc) is 2.85. The van der Waals surface area contributed by atoms with Crippen LogP contribution in [0.5, 0.6) is 0 Å². The molecule has 5 nitrogen and oxygen atoms in total. The Balaban J connectivity index is 2.42. The fourth-order valence-corrected chi connectivity index (χ4v) is 2.30. The minimum Gasteiger partial charge on any atom is -0.319 e. The van der Waals surface area contributed by atoms with E-state index >= 15 is 0 Å². The molecular formula is C12H18ClN5. The van der Waals surface area contributed by atoms with Crippen molar-refractivity contribution < 1.29 is 0 Å². The summed E-state index contributed by atoms with van der Waals surface area (Å²) in [6.45, 7) is 4.91. The van der Waals surface area contributed by atoms with E-state index in [1.807, 2.05) is 23.3 Å². The summed E-state index contributed by atoms with van der Waals surface area (Å²) in [6.07, 6.45) is 4.43. The van der Waals surface area contributed by atoms with Gasteiger partial charge in [-0.1, -0.05) is 18.5 Å². The predicted octanol–water partition coefficient (Wildman–Crippen LogP) is 2.04. The van der Waals surface area contributed by atoms with Crippen LogP contribution in [-0.4, -0.2) is 19.6 Å². The number of hydrogen-bond acceptors (Lipinski definition) is 3. The van der Waals surface area contributed by atoms with E-state index in [1.165, 1.54) is 0 Å². The number of aryl methyl sites for hydroxylation is 2. The summed E-state index contributed by atoms with van der Waals surface area (Å²) in [6, 6.07) is -0.291. The van der Waals surface area contributed by atoms with E-state index in [0.29, 0.717) is 5.02 Å². The molecule has 2 rings (SSSR count). The van der Waals surface area contributed by atoms with Crippen LogP contribution in [0.25, 0.3) is 0 Å². The van der Waals surface area contributed by atoms with Crippen molar-refractivity contribution in [1.82, 2.24) is 19.6 Å². The molecule has 6 heteroatoms. The van der Waals surface area contributed by atoms with Crippen LogP contribution in [0.2, 0.25) is 5.02 Å². The summed E-state index contributed by atoms with van der Waals surface area (Å²) in [5, 5.41) is 9.09. The molecule has 98 valence electrons. The lowest BCUT2D eigenvalue weighted by molar-refractivity contribution is 0.559. The molecule has 0 aromatic carbocycles. The van der Waals surface area contributed by atoms with Gasteiger partial charge < -0.3 is 5.73 Å². The molecule has 0 aliphatic heterocycles. The van der Waals surface area contributed by atoms with Gasteiger partial charge in [0.1, 0.15) is 0 Å². The maximum atomic E-state index is 6.31. The predicted molar refractivity (Wildman–Crippen MR) is 71.5 cm³/mol. The van der Waals surface area contributed by atoms with Gasteiger partial charge in [0.05, 0.1) is 29.2 Å². The van der Waals surface area contributed by atoms with Gasteiger partial charge in [-0.05, 0) is 13.3 Å². The Morgan fingerprint density at radius 1 is 1.39 bits per heavy atom.